The Hall–Kier alpha value is -0.330. The van der Waals surface area contributed by atoms with Gasteiger partial charge in [-0.3, -0.25) is 9.59 Å². The maximum absolute atomic E-state index is 10.7. The van der Waals surface area contributed by atoms with Gasteiger partial charge in [0.1, 0.15) is 6.04 Å². The van der Waals surface area contributed by atoms with Crippen LogP contribution in [0.4, 0.5) is 0 Å². The molecule has 0 aromatic heterocycles. The Kier molecular flexibility index (Phi) is 4.39. The van der Waals surface area contributed by atoms with Crippen LogP contribution in [0.15, 0.2) is 0 Å². The van der Waals surface area contributed by atoms with Crippen LogP contribution in [0.2, 0.25) is 0 Å². The van der Waals surface area contributed by atoms with Crippen molar-refractivity contribution in [2.24, 2.45) is 5.73 Å². The summed E-state index contributed by atoms with van der Waals surface area (Å²) < 4.78 is 0.593. The molecule has 0 aromatic carbocycles. The molecule has 0 aromatic rings. The minimum Gasteiger partial charge on any atom is -0.480 e. The number of nitrogens with two attached hydrogens (primary N) is 1. The lowest BCUT2D eigenvalue weighted by Crippen LogP contribution is -2.34. The smallest absolute Gasteiger partial charge is 0.321 e. The monoisotopic (exact) mass is 244 g/mol. The predicted molar refractivity (Wildman–Crippen MR) is 41.9 cm³/mol. The van der Waals surface area contributed by atoms with Gasteiger partial charge in [-0.1, -0.05) is 0 Å². The number of carbonyl (C=O) groups excluding carboxylic acids is 1. The highest BCUT2D eigenvalue weighted by Crippen LogP contribution is 2.06. The van der Waals surface area contributed by atoms with Gasteiger partial charge in [-0.2, -0.15) is 3.45 Å². The normalized spacial score (nSPS) is 12.3. The largest absolute Gasteiger partial charge is 0.480 e. The Morgan fingerprint density at radius 2 is 2.18 bits per heavy atom. The molecule has 1 atom stereocenters. The molecule has 1 unspecified atom stereocenters. The molecule has 0 spiro atoms. The lowest BCUT2D eigenvalue weighted by atomic mass is 10.2. The molecule has 3 N–H and O–H groups in total. The van der Waals surface area contributed by atoms with Crippen LogP contribution < -0.4 is 5.73 Å². The van der Waals surface area contributed by atoms with Crippen LogP contribution in [-0.4, -0.2) is 26.5 Å². The van der Waals surface area contributed by atoms with Gasteiger partial charge in [-0.25, -0.2) is 0 Å². The average Bonchev–Trinajstić information content (AvgIpc) is 1.87. The van der Waals surface area contributed by atoms with Crippen molar-refractivity contribution in [3.63, 3.8) is 0 Å². The van der Waals surface area contributed by atoms with Gasteiger partial charge in [0.05, 0.1) is 22.6 Å². The molecule has 5 nitrogen and oxygen atoms in total. The number of hydrogen-bond acceptors (Lipinski definition) is 3. The summed E-state index contributed by atoms with van der Waals surface area (Å²) >= 11 is 7.75. The zero-order valence-corrected chi connectivity index (χ0v) is 7.67. The number of carbonyl (C=O) groups is 2. The first-order chi connectivity index (χ1) is 4.95. The number of halogens is 2. The zero-order valence-electron chi connectivity index (χ0n) is 5.33. The summed E-state index contributed by atoms with van der Waals surface area (Å²) in [6, 6.07) is -1.21. The minimum atomic E-state index is -1.23. The van der Waals surface area contributed by atoms with Gasteiger partial charge in [0, 0.05) is 11.8 Å². The van der Waals surface area contributed by atoms with E-state index in [1.807, 2.05) is 0 Å². The highest BCUT2D eigenvalue weighted by Gasteiger charge is 2.18. The van der Waals surface area contributed by atoms with Gasteiger partial charge < -0.3 is 10.8 Å². The zero-order chi connectivity index (χ0) is 9.02. The second kappa shape index (κ2) is 4.53. The predicted octanol–water partition coefficient (Wildman–Crippen LogP) is 0.0807. The fraction of sp³-hybridized carbons (Fsp3) is 0.500. The average molecular weight is 245 g/mol. The summed E-state index contributed by atoms with van der Waals surface area (Å²) in [5.74, 6) is -1.83. The molecule has 0 aliphatic heterocycles. The van der Waals surface area contributed by atoms with E-state index >= 15 is 0 Å². The van der Waals surface area contributed by atoms with Crippen molar-refractivity contribution in [2.75, 3.05) is 0 Å². The maximum Gasteiger partial charge on any atom is 0.321 e. The van der Waals surface area contributed by atoms with Crippen LogP contribution in [0, 0.1) is 0 Å². The highest BCUT2D eigenvalue weighted by atomic mass is 79.9. The van der Waals surface area contributed by atoms with Gasteiger partial charge in [0.2, 0.25) is 5.91 Å². The molecule has 0 saturated carbocycles. The van der Waals surface area contributed by atoms with Gasteiger partial charge in [0.25, 0.3) is 0 Å². The minimum absolute atomic E-state index is 0.329. The Bertz CT molecular complexity index is 175. The second-order valence-corrected chi connectivity index (χ2v) is 3.23. The van der Waals surface area contributed by atoms with Gasteiger partial charge >= 0.3 is 5.97 Å². The van der Waals surface area contributed by atoms with Crippen molar-refractivity contribution in [3.8, 4) is 0 Å². The van der Waals surface area contributed by atoms with Crippen molar-refractivity contribution in [1.29, 1.82) is 0 Å². The first-order valence-electron chi connectivity index (χ1n) is 2.58. The summed E-state index contributed by atoms with van der Waals surface area (Å²) in [6.07, 6.45) is -0.329. The van der Waals surface area contributed by atoms with Crippen LogP contribution in [-0.2, 0) is 9.59 Å². The van der Waals surface area contributed by atoms with Crippen molar-refractivity contribution in [2.45, 2.75) is 12.5 Å². The summed E-state index contributed by atoms with van der Waals surface area (Å²) in [7, 11) is 0. The fourth-order valence-corrected chi connectivity index (χ4v) is 0.558. The molecule has 7 heteroatoms. The maximum atomic E-state index is 10.7. The third kappa shape index (κ3) is 4.18. The van der Waals surface area contributed by atoms with E-state index < -0.39 is 17.9 Å². The van der Waals surface area contributed by atoms with E-state index in [2.05, 4.69) is 16.1 Å². The quantitative estimate of drug-likeness (QED) is 0.690. The van der Waals surface area contributed by atoms with Crippen LogP contribution in [0.5, 0.6) is 0 Å². The molecule has 0 saturated heterocycles. The number of hydrogen-bond donors (Lipinski definition) is 2. The molecule has 64 valence electrons. The SMILES string of the molecule is NC(CC(=O)N(Cl)Br)C(=O)O. The Morgan fingerprint density at radius 3 is 2.45 bits per heavy atom. The molecule has 1 amide bonds. The first-order valence-corrected chi connectivity index (χ1v) is 3.62. The van der Waals surface area contributed by atoms with E-state index in [0.29, 0.717) is 3.45 Å². The number of rotatable bonds is 3. The molecule has 0 radical (unpaired) electrons. The second-order valence-electron chi connectivity index (χ2n) is 1.78. The lowest BCUT2D eigenvalue weighted by Gasteiger charge is -2.06. The third-order valence-electron chi connectivity index (χ3n) is 0.900. The van der Waals surface area contributed by atoms with E-state index in [1.54, 1.807) is 0 Å². The van der Waals surface area contributed by atoms with E-state index in [1.165, 1.54) is 0 Å². The molecule has 0 rings (SSSR count). The highest BCUT2D eigenvalue weighted by molar-refractivity contribution is 9.08. The van der Waals surface area contributed by atoms with Crippen molar-refractivity contribution < 1.29 is 14.7 Å². The van der Waals surface area contributed by atoms with Crippen LogP contribution in [0.25, 0.3) is 0 Å². The number of aliphatic carboxylic acids is 1. The van der Waals surface area contributed by atoms with E-state index in [9.17, 15) is 9.59 Å². The molecule has 0 bridgehead atoms. The summed E-state index contributed by atoms with van der Waals surface area (Å²) in [6.45, 7) is 0. The van der Waals surface area contributed by atoms with Crippen molar-refractivity contribution in [3.05, 3.63) is 0 Å². The molecule has 0 fully saturated rings. The summed E-state index contributed by atoms with van der Waals surface area (Å²) in [5, 5.41) is 8.26. The third-order valence-corrected chi connectivity index (χ3v) is 1.48. The van der Waals surface area contributed by atoms with Crippen LogP contribution in [0.1, 0.15) is 6.42 Å². The van der Waals surface area contributed by atoms with E-state index in [0.717, 1.165) is 0 Å². The molecule has 11 heavy (non-hydrogen) atoms. The standard InChI is InChI=1S/C4H6BrClN2O3/c5-8(6)3(9)1-2(7)4(10)11/h2H,1,7H2,(H,10,11). The topological polar surface area (TPSA) is 83.6 Å². The number of carboxylic acids is 1. The van der Waals surface area contributed by atoms with Crippen molar-refractivity contribution >= 4 is 39.8 Å². The molecular formula is C4H6BrClN2O3. The molecule has 0 heterocycles. The Morgan fingerprint density at radius 1 is 1.73 bits per heavy atom. The molecular weight excluding hydrogens is 239 g/mol. The van der Waals surface area contributed by atoms with Crippen LogP contribution in [0.3, 0.4) is 0 Å². The summed E-state index contributed by atoms with van der Waals surface area (Å²) in [5.41, 5.74) is 5.03. The fourth-order valence-electron chi connectivity index (χ4n) is 0.344. The van der Waals surface area contributed by atoms with Gasteiger partial charge in [-0.15, -0.1) is 0 Å². The molecule has 0 aliphatic carbocycles. The number of amides is 1. The van der Waals surface area contributed by atoms with Crippen molar-refractivity contribution in [1.82, 2.24) is 3.45 Å². The summed E-state index contributed by atoms with van der Waals surface area (Å²) in [4.78, 5) is 20.8. The van der Waals surface area contributed by atoms with E-state index in [4.69, 9.17) is 22.6 Å². The Balaban J connectivity index is 3.85. The number of nitrogens with zero attached hydrogens (tertiary/aromatic N) is 1. The van der Waals surface area contributed by atoms with Gasteiger partial charge in [-0.05, 0) is 0 Å². The lowest BCUT2D eigenvalue weighted by molar-refractivity contribution is -0.140. The van der Waals surface area contributed by atoms with Gasteiger partial charge in [0.15, 0.2) is 0 Å². The number of carboxylic acid groups (broad SMARTS) is 1. The van der Waals surface area contributed by atoms with E-state index in [-0.39, 0.29) is 6.42 Å². The molecule has 0 aliphatic rings. The Labute approximate surface area is 76.5 Å². The van der Waals surface area contributed by atoms with Crippen LogP contribution >= 0.6 is 27.9 Å². The first kappa shape index (κ1) is 10.7.